The Hall–Kier alpha value is -2.30. The normalized spacial score (nSPS) is 22.4. The summed E-state index contributed by atoms with van der Waals surface area (Å²) in [6.45, 7) is 1.83. The molecule has 104 valence electrons. The van der Waals surface area contributed by atoms with Crippen LogP contribution in [0.2, 0.25) is 0 Å². The fourth-order valence-electron chi connectivity index (χ4n) is 2.37. The lowest BCUT2D eigenvalue weighted by atomic mass is 10.2. The first-order chi connectivity index (χ1) is 9.56. The Morgan fingerprint density at radius 2 is 2.10 bits per heavy atom. The second kappa shape index (κ2) is 4.67. The minimum absolute atomic E-state index is 0.217. The average Bonchev–Trinajstić information content (AvgIpc) is 3.11. The standard InChI is InChI=1S/C15H15NO4/c1-8(16-14(17)10-7-11(10)15(18)19)13-6-9-4-2-3-5-12(9)20-13/h2-6,8,10-11H,7H2,1H3,(H,16,17)(H,18,19). The number of hydrogen-bond donors (Lipinski definition) is 2. The fraction of sp³-hybridized carbons (Fsp3) is 0.333. The molecule has 2 N–H and O–H groups in total. The number of carboxylic acid groups (broad SMARTS) is 1. The summed E-state index contributed by atoms with van der Waals surface area (Å²) in [5, 5.41) is 12.6. The van der Waals surface area contributed by atoms with Crippen LogP contribution in [0.4, 0.5) is 0 Å². The van der Waals surface area contributed by atoms with E-state index in [2.05, 4.69) is 5.32 Å². The third-order valence-electron chi connectivity index (χ3n) is 3.67. The van der Waals surface area contributed by atoms with Gasteiger partial charge in [-0.1, -0.05) is 18.2 Å². The number of amides is 1. The largest absolute Gasteiger partial charge is 0.481 e. The van der Waals surface area contributed by atoms with E-state index in [9.17, 15) is 9.59 Å². The molecule has 1 fully saturated rings. The van der Waals surface area contributed by atoms with Crippen molar-refractivity contribution in [1.29, 1.82) is 0 Å². The van der Waals surface area contributed by atoms with Gasteiger partial charge in [-0.2, -0.15) is 0 Å². The molecule has 2 aromatic rings. The molecule has 0 radical (unpaired) electrons. The first-order valence-electron chi connectivity index (χ1n) is 6.58. The van der Waals surface area contributed by atoms with Crippen LogP contribution in [0.15, 0.2) is 34.7 Å². The maximum Gasteiger partial charge on any atom is 0.307 e. The quantitative estimate of drug-likeness (QED) is 0.896. The monoisotopic (exact) mass is 273 g/mol. The van der Waals surface area contributed by atoms with Gasteiger partial charge in [0, 0.05) is 5.39 Å². The van der Waals surface area contributed by atoms with Gasteiger partial charge in [0.15, 0.2) is 0 Å². The third kappa shape index (κ3) is 2.27. The van der Waals surface area contributed by atoms with E-state index in [-0.39, 0.29) is 11.9 Å². The number of nitrogens with one attached hydrogen (secondary N) is 1. The Kier molecular flexibility index (Phi) is 2.97. The van der Waals surface area contributed by atoms with E-state index in [1.54, 1.807) is 0 Å². The molecule has 3 atom stereocenters. The lowest BCUT2D eigenvalue weighted by Crippen LogP contribution is -2.28. The molecule has 1 aliphatic carbocycles. The highest BCUT2D eigenvalue weighted by Gasteiger charge is 2.48. The van der Waals surface area contributed by atoms with Crippen molar-refractivity contribution in [2.75, 3.05) is 0 Å². The summed E-state index contributed by atoms with van der Waals surface area (Å²) in [6, 6.07) is 9.24. The molecule has 3 unspecified atom stereocenters. The highest BCUT2D eigenvalue weighted by molar-refractivity contribution is 5.89. The van der Waals surface area contributed by atoms with Crippen molar-refractivity contribution in [3.8, 4) is 0 Å². The smallest absolute Gasteiger partial charge is 0.307 e. The summed E-state index contributed by atoms with van der Waals surface area (Å²) in [5.74, 6) is -1.38. The first kappa shape index (κ1) is 12.7. The SMILES string of the molecule is CC(NC(=O)C1CC1C(=O)O)c1cc2ccccc2o1. The molecule has 1 saturated carbocycles. The van der Waals surface area contributed by atoms with Crippen LogP contribution < -0.4 is 5.32 Å². The van der Waals surface area contributed by atoms with E-state index in [0.29, 0.717) is 12.2 Å². The highest BCUT2D eigenvalue weighted by atomic mass is 16.4. The van der Waals surface area contributed by atoms with Crippen LogP contribution >= 0.6 is 0 Å². The average molecular weight is 273 g/mol. The van der Waals surface area contributed by atoms with Gasteiger partial charge in [0.25, 0.3) is 0 Å². The summed E-state index contributed by atoms with van der Waals surface area (Å²) in [6.07, 6.45) is 0.425. The fourth-order valence-corrected chi connectivity index (χ4v) is 2.37. The van der Waals surface area contributed by atoms with Crippen LogP contribution in [0.25, 0.3) is 11.0 Å². The molecule has 5 heteroatoms. The van der Waals surface area contributed by atoms with Crippen LogP contribution in [0.3, 0.4) is 0 Å². The molecule has 0 aliphatic heterocycles. The van der Waals surface area contributed by atoms with Crippen molar-refractivity contribution < 1.29 is 19.1 Å². The molecule has 1 amide bonds. The Bertz CT molecular complexity index is 642. The maximum absolute atomic E-state index is 11.9. The van der Waals surface area contributed by atoms with Crippen LogP contribution in [0, 0.1) is 11.8 Å². The van der Waals surface area contributed by atoms with Crippen LogP contribution in [-0.4, -0.2) is 17.0 Å². The van der Waals surface area contributed by atoms with E-state index in [1.165, 1.54) is 0 Å². The highest BCUT2D eigenvalue weighted by Crippen LogP contribution is 2.39. The summed E-state index contributed by atoms with van der Waals surface area (Å²) in [7, 11) is 0. The predicted octanol–water partition coefficient (Wildman–Crippen LogP) is 2.33. The van der Waals surface area contributed by atoms with E-state index in [4.69, 9.17) is 9.52 Å². The van der Waals surface area contributed by atoms with Gasteiger partial charge in [0.05, 0.1) is 17.9 Å². The second-order valence-electron chi connectivity index (χ2n) is 5.20. The summed E-state index contributed by atoms with van der Waals surface area (Å²) < 4.78 is 5.67. The first-order valence-corrected chi connectivity index (χ1v) is 6.58. The van der Waals surface area contributed by atoms with E-state index in [1.807, 2.05) is 37.3 Å². The summed E-state index contributed by atoms with van der Waals surface area (Å²) in [4.78, 5) is 22.7. The van der Waals surface area contributed by atoms with Crippen molar-refractivity contribution in [2.24, 2.45) is 11.8 Å². The zero-order chi connectivity index (χ0) is 14.3. The summed E-state index contributed by atoms with van der Waals surface area (Å²) >= 11 is 0. The molecule has 3 rings (SSSR count). The second-order valence-corrected chi connectivity index (χ2v) is 5.20. The Morgan fingerprint density at radius 1 is 1.35 bits per heavy atom. The number of carbonyl (C=O) groups excluding carboxylic acids is 1. The molecule has 1 aromatic heterocycles. The zero-order valence-corrected chi connectivity index (χ0v) is 11.0. The molecule has 0 saturated heterocycles. The van der Waals surface area contributed by atoms with E-state index >= 15 is 0 Å². The van der Waals surface area contributed by atoms with Gasteiger partial charge in [-0.25, -0.2) is 0 Å². The van der Waals surface area contributed by atoms with Crippen LogP contribution in [0.5, 0.6) is 0 Å². The number of fused-ring (bicyclic) bond motifs is 1. The van der Waals surface area contributed by atoms with Crippen LogP contribution in [0.1, 0.15) is 25.1 Å². The van der Waals surface area contributed by atoms with Crippen molar-refractivity contribution in [2.45, 2.75) is 19.4 Å². The Balaban J connectivity index is 1.68. The molecule has 0 spiro atoms. The number of para-hydroxylation sites is 1. The summed E-state index contributed by atoms with van der Waals surface area (Å²) in [5.41, 5.74) is 0.776. The van der Waals surface area contributed by atoms with Gasteiger partial charge in [-0.05, 0) is 25.5 Å². The van der Waals surface area contributed by atoms with Gasteiger partial charge < -0.3 is 14.8 Å². The molecule has 1 aliphatic rings. The van der Waals surface area contributed by atoms with Gasteiger partial charge in [-0.3, -0.25) is 9.59 Å². The van der Waals surface area contributed by atoms with Gasteiger partial charge in [-0.15, -0.1) is 0 Å². The topological polar surface area (TPSA) is 79.5 Å². The van der Waals surface area contributed by atoms with Crippen LogP contribution in [-0.2, 0) is 9.59 Å². The molecular weight excluding hydrogens is 258 g/mol. The Labute approximate surface area is 115 Å². The van der Waals surface area contributed by atoms with Gasteiger partial charge in [0.2, 0.25) is 5.91 Å². The minimum atomic E-state index is -0.901. The number of carboxylic acids is 1. The maximum atomic E-state index is 11.9. The van der Waals surface area contributed by atoms with Crippen molar-refractivity contribution >= 4 is 22.8 Å². The van der Waals surface area contributed by atoms with E-state index < -0.39 is 17.8 Å². The number of furan rings is 1. The van der Waals surface area contributed by atoms with Gasteiger partial charge >= 0.3 is 5.97 Å². The number of hydrogen-bond acceptors (Lipinski definition) is 3. The van der Waals surface area contributed by atoms with Crippen molar-refractivity contribution in [3.63, 3.8) is 0 Å². The van der Waals surface area contributed by atoms with E-state index in [0.717, 1.165) is 11.0 Å². The number of benzene rings is 1. The number of aliphatic carboxylic acids is 1. The van der Waals surface area contributed by atoms with Crippen molar-refractivity contribution in [3.05, 3.63) is 36.1 Å². The zero-order valence-electron chi connectivity index (χ0n) is 11.0. The molecule has 0 bridgehead atoms. The Morgan fingerprint density at radius 3 is 2.75 bits per heavy atom. The minimum Gasteiger partial charge on any atom is -0.481 e. The molecule has 1 heterocycles. The molecule has 5 nitrogen and oxygen atoms in total. The predicted molar refractivity (Wildman–Crippen MR) is 72.0 cm³/mol. The molecule has 20 heavy (non-hydrogen) atoms. The lowest BCUT2D eigenvalue weighted by Gasteiger charge is -2.10. The van der Waals surface area contributed by atoms with Gasteiger partial charge in [0.1, 0.15) is 11.3 Å². The third-order valence-corrected chi connectivity index (χ3v) is 3.67. The number of rotatable bonds is 4. The number of carbonyl (C=O) groups is 2. The molecule has 1 aromatic carbocycles. The van der Waals surface area contributed by atoms with Crippen molar-refractivity contribution in [1.82, 2.24) is 5.32 Å². The molecular formula is C15H15NO4. The lowest BCUT2D eigenvalue weighted by molar-refractivity contribution is -0.140.